The molecule has 0 aliphatic heterocycles. The molecule has 4 fully saturated rings. The summed E-state index contributed by atoms with van der Waals surface area (Å²) in [5.74, 6) is 1.46. The van der Waals surface area contributed by atoms with Gasteiger partial charge in [0.25, 0.3) is 5.91 Å². The highest BCUT2D eigenvalue weighted by Crippen LogP contribution is 2.61. The summed E-state index contributed by atoms with van der Waals surface area (Å²) in [5.41, 5.74) is 5.99. The van der Waals surface area contributed by atoms with Gasteiger partial charge in [-0.2, -0.15) is 0 Å². The second-order valence-electron chi connectivity index (χ2n) is 9.15. The monoisotopic (exact) mass is 395 g/mol. The maximum absolute atomic E-state index is 12.4. The van der Waals surface area contributed by atoms with Crippen molar-refractivity contribution in [1.29, 1.82) is 0 Å². The number of hydrazine groups is 1. The van der Waals surface area contributed by atoms with Crippen molar-refractivity contribution in [1.82, 2.24) is 16.2 Å². The number of amides is 3. The second kappa shape index (κ2) is 8.39. The molecule has 3 N–H and O–H groups in total. The van der Waals surface area contributed by atoms with Gasteiger partial charge in [0.1, 0.15) is 0 Å². The van der Waals surface area contributed by atoms with Gasteiger partial charge in [-0.3, -0.25) is 25.2 Å². The number of carbonyl (C=O) groups is 3. The summed E-state index contributed by atoms with van der Waals surface area (Å²) in [6.45, 7) is -0.185. The first-order chi connectivity index (χ1) is 14.0. The Bertz CT molecular complexity index is 768. The van der Waals surface area contributed by atoms with Crippen LogP contribution in [-0.2, 0) is 14.4 Å². The molecule has 0 heterocycles. The number of rotatable bonds is 6. The van der Waals surface area contributed by atoms with Crippen LogP contribution in [0, 0.1) is 23.2 Å². The van der Waals surface area contributed by atoms with Crippen molar-refractivity contribution in [3.05, 3.63) is 42.0 Å². The molecule has 4 aliphatic carbocycles. The van der Waals surface area contributed by atoms with Crippen LogP contribution < -0.4 is 16.2 Å². The van der Waals surface area contributed by atoms with Crippen LogP contribution in [-0.4, -0.2) is 24.3 Å². The van der Waals surface area contributed by atoms with Crippen molar-refractivity contribution in [2.45, 2.75) is 44.9 Å². The third-order valence-electron chi connectivity index (χ3n) is 6.69. The van der Waals surface area contributed by atoms with E-state index in [0.29, 0.717) is 6.42 Å². The van der Waals surface area contributed by atoms with Gasteiger partial charge in [0, 0.05) is 12.5 Å². The maximum Gasteiger partial charge on any atom is 0.257 e. The Labute approximate surface area is 171 Å². The minimum Gasteiger partial charge on any atom is -0.343 e. The van der Waals surface area contributed by atoms with Crippen molar-refractivity contribution in [2.24, 2.45) is 23.2 Å². The molecule has 4 saturated carbocycles. The van der Waals surface area contributed by atoms with E-state index < -0.39 is 5.91 Å². The lowest BCUT2D eigenvalue weighted by molar-refractivity contribution is -0.134. The molecule has 0 radical (unpaired) electrons. The molecule has 1 aromatic rings. The van der Waals surface area contributed by atoms with Crippen molar-refractivity contribution in [3.8, 4) is 0 Å². The number of carbonyl (C=O) groups excluding carboxylic acids is 3. The minimum absolute atomic E-state index is 0.129. The molecular weight excluding hydrogens is 366 g/mol. The quantitative estimate of drug-likeness (QED) is 0.511. The largest absolute Gasteiger partial charge is 0.343 e. The molecule has 0 aromatic heterocycles. The Morgan fingerprint density at radius 2 is 1.48 bits per heavy atom. The van der Waals surface area contributed by atoms with Crippen LogP contribution in [0.5, 0.6) is 0 Å². The first-order valence-corrected chi connectivity index (χ1v) is 10.6. The second-order valence-corrected chi connectivity index (χ2v) is 9.15. The molecule has 0 unspecified atom stereocenters. The predicted octanol–water partition coefficient (Wildman–Crippen LogP) is 2.57. The fourth-order valence-electron chi connectivity index (χ4n) is 6.04. The molecule has 5 rings (SSSR count). The molecule has 4 aliphatic rings. The molecule has 0 saturated heterocycles. The maximum atomic E-state index is 12.4. The standard InChI is InChI=1S/C23H29N3O3/c27-20(7-6-16-4-2-1-3-5-16)24-15-22(29)26-25-21(28)14-23-11-17-8-18(12-23)10-19(9-17)13-23/h1-7,17-19H,8-15H2,(H,24,27)(H,25,28)(H,26,29)/b7-6+. The zero-order valence-corrected chi connectivity index (χ0v) is 16.7. The van der Waals surface area contributed by atoms with Crippen LogP contribution in [0.1, 0.15) is 50.5 Å². The predicted molar refractivity (Wildman–Crippen MR) is 110 cm³/mol. The molecule has 6 nitrogen and oxygen atoms in total. The summed E-state index contributed by atoms with van der Waals surface area (Å²) >= 11 is 0. The molecule has 1 aromatic carbocycles. The Balaban J connectivity index is 1.17. The Kier molecular flexibility index (Phi) is 5.69. The van der Waals surface area contributed by atoms with Crippen LogP contribution >= 0.6 is 0 Å². The summed E-state index contributed by atoms with van der Waals surface area (Å²) in [6.07, 6.45) is 11.1. The Morgan fingerprint density at radius 1 is 0.897 bits per heavy atom. The summed E-state index contributed by atoms with van der Waals surface area (Å²) in [4.78, 5) is 36.1. The van der Waals surface area contributed by atoms with E-state index in [0.717, 1.165) is 42.6 Å². The third-order valence-corrected chi connectivity index (χ3v) is 6.69. The number of benzene rings is 1. The molecule has 29 heavy (non-hydrogen) atoms. The van der Waals surface area contributed by atoms with Crippen LogP contribution in [0.3, 0.4) is 0 Å². The van der Waals surface area contributed by atoms with E-state index in [4.69, 9.17) is 0 Å². The normalized spacial score (nSPS) is 29.6. The molecule has 6 heteroatoms. The number of hydrogen-bond donors (Lipinski definition) is 3. The summed E-state index contributed by atoms with van der Waals surface area (Å²) in [5, 5.41) is 2.51. The Morgan fingerprint density at radius 3 is 2.10 bits per heavy atom. The zero-order chi connectivity index (χ0) is 20.3. The lowest BCUT2D eigenvalue weighted by Crippen LogP contribution is -2.51. The van der Waals surface area contributed by atoms with Gasteiger partial charge in [-0.25, -0.2) is 0 Å². The van der Waals surface area contributed by atoms with Gasteiger partial charge >= 0.3 is 0 Å². The van der Waals surface area contributed by atoms with Gasteiger partial charge in [0.2, 0.25) is 11.8 Å². The molecule has 3 amide bonds. The Hall–Kier alpha value is -2.63. The highest BCUT2D eigenvalue weighted by atomic mass is 16.2. The van der Waals surface area contributed by atoms with Crippen LogP contribution in [0.2, 0.25) is 0 Å². The van der Waals surface area contributed by atoms with E-state index in [-0.39, 0.29) is 23.8 Å². The van der Waals surface area contributed by atoms with Crippen molar-refractivity contribution in [3.63, 3.8) is 0 Å². The first kappa shape index (κ1) is 19.7. The van der Waals surface area contributed by atoms with Crippen molar-refractivity contribution >= 4 is 23.8 Å². The van der Waals surface area contributed by atoms with E-state index >= 15 is 0 Å². The van der Waals surface area contributed by atoms with E-state index in [1.165, 1.54) is 25.3 Å². The van der Waals surface area contributed by atoms with Gasteiger partial charge < -0.3 is 5.32 Å². The van der Waals surface area contributed by atoms with Gasteiger partial charge in [-0.05, 0) is 73.3 Å². The number of hydrogen-bond acceptors (Lipinski definition) is 3. The average Bonchev–Trinajstić information content (AvgIpc) is 2.68. The minimum atomic E-state index is -0.440. The first-order valence-electron chi connectivity index (χ1n) is 10.6. The molecule has 0 spiro atoms. The van der Waals surface area contributed by atoms with Gasteiger partial charge in [0.05, 0.1) is 6.54 Å². The highest BCUT2D eigenvalue weighted by molar-refractivity contribution is 5.94. The van der Waals surface area contributed by atoms with Gasteiger partial charge in [0.15, 0.2) is 0 Å². The summed E-state index contributed by atoms with van der Waals surface area (Å²) in [6, 6.07) is 9.44. The molecular formula is C23H29N3O3. The summed E-state index contributed by atoms with van der Waals surface area (Å²) < 4.78 is 0. The zero-order valence-electron chi connectivity index (χ0n) is 16.7. The fraction of sp³-hybridized carbons (Fsp3) is 0.522. The topological polar surface area (TPSA) is 87.3 Å². The van der Waals surface area contributed by atoms with Gasteiger partial charge in [-0.15, -0.1) is 0 Å². The van der Waals surface area contributed by atoms with E-state index in [1.54, 1.807) is 6.08 Å². The van der Waals surface area contributed by atoms with Crippen molar-refractivity contribution < 1.29 is 14.4 Å². The highest BCUT2D eigenvalue weighted by Gasteiger charge is 2.51. The van der Waals surface area contributed by atoms with Crippen LogP contribution in [0.25, 0.3) is 6.08 Å². The van der Waals surface area contributed by atoms with Crippen LogP contribution in [0.15, 0.2) is 36.4 Å². The van der Waals surface area contributed by atoms with E-state index in [1.807, 2.05) is 30.3 Å². The SMILES string of the molecule is O=C(/C=C/c1ccccc1)NCC(=O)NNC(=O)CC12CC3CC(CC(C3)C1)C2. The summed E-state index contributed by atoms with van der Waals surface area (Å²) in [7, 11) is 0. The van der Waals surface area contributed by atoms with Crippen LogP contribution in [0.4, 0.5) is 0 Å². The lowest BCUT2D eigenvalue weighted by atomic mass is 9.49. The van der Waals surface area contributed by atoms with E-state index in [9.17, 15) is 14.4 Å². The number of nitrogens with one attached hydrogen (secondary N) is 3. The third kappa shape index (κ3) is 5.05. The molecule has 4 bridgehead atoms. The van der Waals surface area contributed by atoms with E-state index in [2.05, 4.69) is 16.2 Å². The molecule has 0 atom stereocenters. The lowest BCUT2D eigenvalue weighted by Gasteiger charge is -2.56. The van der Waals surface area contributed by atoms with Gasteiger partial charge in [-0.1, -0.05) is 30.3 Å². The average molecular weight is 396 g/mol. The smallest absolute Gasteiger partial charge is 0.257 e. The molecule has 154 valence electrons. The van der Waals surface area contributed by atoms with Crippen molar-refractivity contribution in [2.75, 3.05) is 6.54 Å². The fourth-order valence-corrected chi connectivity index (χ4v) is 6.04.